The molecule has 0 aliphatic heterocycles. The molecule has 134 valence electrons. The number of aromatic nitrogens is 1. The number of nitrogens with zero attached hydrogens (tertiary/aromatic N) is 2. The number of pyridine rings is 1. The molecule has 0 saturated heterocycles. The minimum Gasteiger partial charge on any atom is -0.480 e. The summed E-state index contributed by atoms with van der Waals surface area (Å²) in [6.07, 6.45) is 2.35. The topological polar surface area (TPSA) is 157 Å². The highest BCUT2D eigenvalue weighted by atomic mass is 32.2. The number of hydrogen-bond donors (Lipinski definition) is 3. The van der Waals surface area contributed by atoms with Crippen molar-refractivity contribution in [2.45, 2.75) is 12.5 Å². The lowest BCUT2D eigenvalue weighted by Crippen LogP contribution is -2.49. The molecule has 0 radical (unpaired) electrons. The van der Waals surface area contributed by atoms with Gasteiger partial charge in [-0.05, 0) is 29.5 Å². The minimum atomic E-state index is -4.04. The molecule has 0 aliphatic rings. The molecule has 1 aromatic carbocycles. The lowest BCUT2D eigenvalue weighted by molar-refractivity contribution is -0.141. The van der Waals surface area contributed by atoms with Crippen molar-refractivity contribution in [3.05, 3.63) is 36.0 Å². The second-order valence-electron chi connectivity index (χ2n) is 5.56. The zero-order chi connectivity index (χ0) is 18.8. The quantitative estimate of drug-likeness (QED) is 0.621. The van der Waals surface area contributed by atoms with E-state index in [1.165, 1.54) is 0 Å². The van der Waals surface area contributed by atoms with Gasteiger partial charge in [-0.15, -0.1) is 0 Å². The van der Waals surface area contributed by atoms with E-state index in [1.807, 2.05) is 0 Å². The summed E-state index contributed by atoms with van der Waals surface area (Å²) in [6.45, 7) is -0.972. The smallest absolute Gasteiger partial charge is 0.324 e. The monoisotopic (exact) mass is 366 g/mol. The largest absolute Gasteiger partial charge is 0.480 e. The molecule has 1 aromatic heterocycles. The van der Waals surface area contributed by atoms with Gasteiger partial charge >= 0.3 is 5.97 Å². The molecule has 9 nitrogen and oxygen atoms in total. The summed E-state index contributed by atoms with van der Waals surface area (Å²) in [5.74, 6) is -2.11. The second-order valence-corrected chi connectivity index (χ2v) is 7.47. The molecule has 25 heavy (non-hydrogen) atoms. The number of nitrogens with two attached hydrogens (primary N) is 2. The van der Waals surface area contributed by atoms with Crippen molar-refractivity contribution in [2.24, 2.45) is 5.73 Å². The lowest BCUT2D eigenvalue weighted by atomic mass is 10.0. The number of fused-ring (bicyclic) bond motifs is 1. The molecular formula is C15H18N4O5S. The van der Waals surface area contributed by atoms with E-state index in [-0.39, 0.29) is 10.7 Å². The van der Waals surface area contributed by atoms with Gasteiger partial charge in [0, 0.05) is 11.6 Å². The third-order valence-corrected chi connectivity index (χ3v) is 4.67. The first kappa shape index (κ1) is 18.6. The van der Waals surface area contributed by atoms with Crippen molar-refractivity contribution in [2.75, 3.05) is 18.5 Å². The van der Waals surface area contributed by atoms with Crippen LogP contribution in [0.2, 0.25) is 0 Å². The van der Waals surface area contributed by atoms with Crippen molar-refractivity contribution < 1.29 is 23.1 Å². The molecule has 0 bridgehead atoms. The second kappa shape index (κ2) is 7.03. The molecule has 1 heterocycles. The number of carboxylic acids is 1. The van der Waals surface area contributed by atoms with Gasteiger partial charge in [0.1, 0.15) is 12.4 Å². The van der Waals surface area contributed by atoms with Crippen LogP contribution in [0.4, 0.5) is 5.82 Å². The van der Waals surface area contributed by atoms with E-state index in [0.29, 0.717) is 16.8 Å². The van der Waals surface area contributed by atoms with E-state index < -0.39 is 34.5 Å². The normalized spacial score (nSPS) is 12.7. The van der Waals surface area contributed by atoms with Gasteiger partial charge in [-0.2, -0.15) is 0 Å². The summed E-state index contributed by atoms with van der Waals surface area (Å²) >= 11 is 0. The Balaban J connectivity index is 2.25. The van der Waals surface area contributed by atoms with Crippen molar-refractivity contribution >= 4 is 38.5 Å². The predicted octanol–water partition coefficient (Wildman–Crippen LogP) is -0.440. The van der Waals surface area contributed by atoms with Crippen LogP contribution in [0, 0.1) is 0 Å². The van der Waals surface area contributed by atoms with E-state index in [9.17, 15) is 18.0 Å². The predicted molar refractivity (Wildman–Crippen MR) is 92.0 cm³/mol. The highest BCUT2D eigenvalue weighted by Crippen LogP contribution is 2.21. The Labute approximate surface area is 144 Å². The molecule has 0 aliphatic carbocycles. The number of rotatable bonds is 6. The molecule has 0 fully saturated rings. The zero-order valence-corrected chi connectivity index (χ0v) is 14.2. The number of carboxylic acid groups (broad SMARTS) is 1. The number of benzene rings is 1. The Bertz CT molecular complexity index is 929. The molecule has 0 spiro atoms. The van der Waals surface area contributed by atoms with Crippen molar-refractivity contribution in [1.29, 1.82) is 0 Å². The molecular weight excluding hydrogens is 348 g/mol. The average Bonchev–Trinajstić information content (AvgIpc) is 2.51. The Hall–Kier alpha value is -2.72. The SMILES string of the molecule is CS(=O)(=O)N(CC(=O)O)C(=O)[C@@H](N)Cc1ccc2ccnc(N)c2c1. The maximum Gasteiger partial charge on any atom is 0.324 e. The van der Waals surface area contributed by atoms with Gasteiger partial charge in [-0.3, -0.25) is 9.59 Å². The van der Waals surface area contributed by atoms with Crippen LogP contribution in [-0.4, -0.2) is 53.5 Å². The van der Waals surface area contributed by atoms with E-state index in [0.717, 1.165) is 11.6 Å². The van der Waals surface area contributed by atoms with E-state index in [2.05, 4.69) is 4.98 Å². The fraction of sp³-hybridized carbons (Fsp3) is 0.267. The fourth-order valence-corrected chi connectivity index (χ4v) is 3.18. The van der Waals surface area contributed by atoms with Crippen LogP contribution in [0.25, 0.3) is 10.8 Å². The Morgan fingerprint density at radius 2 is 2.00 bits per heavy atom. The number of carbonyl (C=O) groups is 2. The van der Waals surface area contributed by atoms with Crippen molar-refractivity contribution in [3.63, 3.8) is 0 Å². The van der Waals surface area contributed by atoms with E-state index >= 15 is 0 Å². The van der Waals surface area contributed by atoms with Gasteiger partial charge in [0.25, 0.3) is 5.91 Å². The van der Waals surface area contributed by atoms with Gasteiger partial charge < -0.3 is 16.6 Å². The van der Waals surface area contributed by atoms with Gasteiger partial charge in [0.15, 0.2) is 0 Å². The molecule has 0 unspecified atom stereocenters. The van der Waals surface area contributed by atoms with E-state index in [1.54, 1.807) is 30.5 Å². The molecule has 2 rings (SSSR count). The number of hydrogen-bond acceptors (Lipinski definition) is 7. The summed E-state index contributed by atoms with van der Waals surface area (Å²) in [5.41, 5.74) is 12.3. The Morgan fingerprint density at radius 1 is 1.32 bits per heavy atom. The maximum absolute atomic E-state index is 12.3. The van der Waals surface area contributed by atoms with Crippen LogP contribution < -0.4 is 11.5 Å². The standard InChI is InChI=1S/C15H18N4O5S/c1-25(23,24)19(8-13(20)21)15(22)12(16)7-9-2-3-10-4-5-18-14(17)11(10)6-9/h2-6,12H,7-8,16H2,1H3,(H2,17,18)(H,20,21)/t12-/m0/s1. The van der Waals surface area contributed by atoms with Crippen molar-refractivity contribution in [3.8, 4) is 0 Å². The minimum absolute atomic E-state index is 0.0226. The van der Waals surface area contributed by atoms with Crippen molar-refractivity contribution in [1.82, 2.24) is 9.29 Å². The lowest BCUT2D eigenvalue weighted by Gasteiger charge is -2.22. The Morgan fingerprint density at radius 3 is 2.60 bits per heavy atom. The fourth-order valence-electron chi connectivity index (χ4n) is 2.37. The summed E-state index contributed by atoms with van der Waals surface area (Å²) in [7, 11) is -4.04. The molecule has 10 heteroatoms. The number of carbonyl (C=O) groups excluding carboxylic acids is 1. The van der Waals surface area contributed by atoms with Crippen LogP contribution in [0.15, 0.2) is 30.5 Å². The van der Waals surface area contributed by atoms with Gasteiger partial charge in [-0.1, -0.05) is 12.1 Å². The van der Waals surface area contributed by atoms with Crippen LogP contribution in [0.1, 0.15) is 5.56 Å². The molecule has 1 atom stereocenters. The highest BCUT2D eigenvalue weighted by Gasteiger charge is 2.30. The van der Waals surface area contributed by atoms with Gasteiger partial charge in [-0.25, -0.2) is 17.7 Å². The number of amides is 1. The summed E-state index contributed by atoms with van der Waals surface area (Å²) < 4.78 is 23.6. The zero-order valence-electron chi connectivity index (χ0n) is 13.4. The molecule has 2 aromatic rings. The number of aliphatic carboxylic acids is 1. The third-order valence-electron chi connectivity index (χ3n) is 3.56. The third kappa shape index (κ3) is 4.43. The molecule has 1 amide bonds. The summed E-state index contributed by atoms with van der Waals surface area (Å²) in [5, 5.41) is 10.3. The Kier molecular flexibility index (Phi) is 5.24. The van der Waals surface area contributed by atoms with Crippen LogP contribution in [0.5, 0.6) is 0 Å². The molecule has 5 N–H and O–H groups in total. The first-order valence-electron chi connectivity index (χ1n) is 7.21. The molecule has 0 saturated carbocycles. The van der Waals surface area contributed by atoms with Crippen LogP contribution in [0.3, 0.4) is 0 Å². The van der Waals surface area contributed by atoms with Gasteiger partial charge in [0.2, 0.25) is 10.0 Å². The van der Waals surface area contributed by atoms with E-state index in [4.69, 9.17) is 16.6 Å². The first-order chi connectivity index (χ1) is 11.6. The first-order valence-corrected chi connectivity index (χ1v) is 9.06. The maximum atomic E-state index is 12.3. The van der Waals surface area contributed by atoms with Gasteiger partial charge in [0.05, 0.1) is 12.3 Å². The number of sulfonamides is 1. The van der Waals surface area contributed by atoms with Crippen LogP contribution >= 0.6 is 0 Å². The number of anilines is 1. The average molecular weight is 366 g/mol. The number of nitrogen functional groups attached to an aromatic ring is 1. The highest BCUT2D eigenvalue weighted by molar-refractivity contribution is 7.88. The summed E-state index contributed by atoms with van der Waals surface area (Å²) in [4.78, 5) is 27.1. The van der Waals surface area contributed by atoms with Crippen LogP contribution in [-0.2, 0) is 26.0 Å². The summed E-state index contributed by atoms with van der Waals surface area (Å²) in [6, 6.07) is 5.79.